The van der Waals surface area contributed by atoms with Gasteiger partial charge in [0.15, 0.2) is 0 Å². The van der Waals surface area contributed by atoms with Crippen LogP contribution >= 0.6 is 31.9 Å². The van der Waals surface area contributed by atoms with Crippen LogP contribution in [0.15, 0.2) is 69.6 Å². The molecule has 3 aromatic rings. The number of hydrogen-bond donors (Lipinski definition) is 2. The molecule has 0 spiro atoms. The monoisotopic (exact) mass is 474 g/mol. The molecule has 0 saturated carbocycles. The van der Waals surface area contributed by atoms with E-state index in [9.17, 15) is 9.59 Å². The highest BCUT2D eigenvalue weighted by molar-refractivity contribution is 9.11. The molecule has 0 unspecified atom stereocenters. The Morgan fingerprint density at radius 2 is 1.58 bits per heavy atom. The summed E-state index contributed by atoms with van der Waals surface area (Å²) in [5.41, 5.74) is 6.89. The van der Waals surface area contributed by atoms with Crippen molar-refractivity contribution in [2.75, 3.05) is 0 Å². The van der Waals surface area contributed by atoms with E-state index in [0.29, 0.717) is 12.0 Å². The summed E-state index contributed by atoms with van der Waals surface area (Å²) < 4.78 is 1.53. The predicted octanol–water partition coefficient (Wildman–Crippen LogP) is 4.19. The minimum Gasteiger partial charge on any atom is -0.368 e. The number of carbonyl (C=O) groups is 2. The second-order valence-corrected chi connectivity index (χ2v) is 7.80. The van der Waals surface area contributed by atoms with E-state index in [1.807, 2.05) is 48.5 Å². The molecular weight excluding hydrogens is 460 g/mol. The lowest BCUT2D eigenvalue weighted by Crippen LogP contribution is -2.45. The molecule has 132 valence electrons. The fraction of sp³-hybridized carbons (Fsp3) is 0.100. The number of amides is 2. The first-order valence-corrected chi connectivity index (χ1v) is 9.55. The second kappa shape index (κ2) is 8.01. The predicted molar refractivity (Wildman–Crippen MR) is 110 cm³/mol. The lowest BCUT2D eigenvalue weighted by atomic mass is 10.0. The average Bonchev–Trinajstić information content (AvgIpc) is 2.60. The lowest BCUT2D eigenvalue weighted by molar-refractivity contribution is -0.119. The molecule has 0 bridgehead atoms. The molecule has 1 atom stereocenters. The van der Waals surface area contributed by atoms with Gasteiger partial charge in [0.2, 0.25) is 5.91 Å². The van der Waals surface area contributed by atoms with E-state index >= 15 is 0 Å². The molecule has 0 aliphatic heterocycles. The maximum absolute atomic E-state index is 12.5. The first-order valence-electron chi connectivity index (χ1n) is 7.96. The van der Waals surface area contributed by atoms with Crippen molar-refractivity contribution in [3.05, 3.63) is 80.7 Å². The quantitative estimate of drug-likeness (QED) is 0.580. The Kier molecular flexibility index (Phi) is 5.74. The second-order valence-electron chi connectivity index (χ2n) is 5.97. The van der Waals surface area contributed by atoms with Crippen LogP contribution in [0.25, 0.3) is 10.8 Å². The molecule has 3 aromatic carbocycles. The molecule has 2 amide bonds. The molecule has 3 rings (SSSR count). The van der Waals surface area contributed by atoms with Crippen molar-refractivity contribution >= 4 is 54.4 Å². The molecule has 4 nitrogen and oxygen atoms in total. The number of carbonyl (C=O) groups excluding carboxylic acids is 2. The zero-order valence-electron chi connectivity index (χ0n) is 13.7. The van der Waals surface area contributed by atoms with Gasteiger partial charge in [0.25, 0.3) is 5.91 Å². The largest absolute Gasteiger partial charge is 0.368 e. The van der Waals surface area contributed by atoms with Crippen molar-refractivity contribution in [1.82, 2.24) is 5.32 Å². The van der Waals surface area contributed by atoms with Crippen LogP contribution in [0.4, 0.5) is 0 Å². The van der Waals surface area contributed by atoms with E-state index in [1.165, 1.54) is 0 Å². The Morgan fingerprint density at radius 3 is 2.23 bits per heavy atom. The highest BCUT2D eigenvalue weighted by Gasteiger charge is 2.20. The zero-order chi connectivity index (χ0) is 18.7. The molecular formula is C20H16Br2N2O2. The van der Waals surface area contributed by atoms with Crippen LogP contribution in [0.3, 0.4) is 0 Å². The Labute approximate surface area is 168 Å². The molecule has 0 aliphatic carbocycles. The Morgan fingerprint density at radius 1 is 0.923 bits per heavy atom. The maximum atomic E-state index is 12.5. The van der Waals surface area contributed by atoms with Crippen LogP contribution in [0.1, 0.15) is 15.9 Å². The molecule has 0 heterocycles. The number of fused-ring (bicyclic) bond motifs is 1. The highest BCUT2D eigenvalue weighted by Crippen LogP contribution is 2.20. The van der Waals surface area contributed by atoms with Gasteiger partial charge < -0.3 is 11.1 Å². The average molecular weight is 476 g/mol. The summed E-state index contributed by atoms with van der Waals surface area (Å²) in [5, 5.41) is 4.93. The third-order valence-corrected chi connectivity index (χ3v) is 4.94. The van der Waals surface area contributed by atoms with E-state index in [2.05, 4.69) is 37.2 Å². The Bertz CT molecular complexity index is 968. The number of rotatable bonds is 5. The minimum absolute atomic E-state index is 0.334. The van der Waals surface area contributed by atoms with Gasteiger partial charge in [-0.15, -0.1) is 0 Å². The van der Waals surface area contributed by atoms with Gasteiger partial charge in [0.05, 0.1) is 0 Å². The van der Waals surface area contributed by atoms with Crippen molar-refractivity contribution in [3.8, 4) is 0 Å². The van der Waals surface area contributed by atoms with Crippen molar-refractivity contribution in [2.45, 2.75) is 12.5 Å². The first kappa shape index (κ1) is 18.6. The molecule has 26 heavy (non-hydrogen) atoms. The van der Waals surface area contributed by atoms with Gasteiger partial charge in [0, 0.05) is 20.9 Å². The van der Waals surface area contributed by atoms with E-state index in [1.54, 1.807) is 12.1 Å². The van der Waals surface area contributed by atoms with Gasteiger partial charge in [-0.1, -0.05) is 74.3 Å². The summed E-state index contributed by atoms with van der Waals surface area (Å²) in [5.74, 6) is -0.919. The van der Waals surface area contributed by atoms with Crippen LogP contribution in [0.2, 0.25) is 0 Å². The number of nitrogens with one attached hydrogen (secondary N) is 1. The summed E-state index contributed by atoms with van der Waals surface area (Å²) in [7, 11) is 0. The number of hydrogen-bond acceptors (Lipinski definition) is 2. The van der Waals surface area contributed by atoms with E-state index in [4.69, 9.17) is 5.73 Å². The van der Waals surface area contributed by atoms with Crippen molar-refractivity contribution in [3.63, 3.8) is 0 Å². The number of nitrogens with two attached hydrogens (primary N) is 1. The van der Waals surface area contributed by atoms with Crippen molar-refractivity contribution in [2.24, 2.45) is 5.73 Å². The fourth-order valence-corrected chi connectivity index (χ4v) is 4.04. The molecule has 3 N–H and O–H groups in total. The van der Waals surface area contributed by atoms with Crippen molar-refractivity contribution in [1.29, 1.82) is 0 Å². The van der Waals surface area contributed by atoms with Crippen LogP contribution < -0.4 is 11.1 Å². The summed E-state index contributed by atoms with van der Waals surface area (Å²) in [6.07, 6.45) is 0.334. The van der Waals surface area contributed by atoms with E-state index < -0.39 is 11.9 Å². The zero-order valence-corrected chi connectivity index (χ0v) is 16.9. The van der Waals surface area contributed by atoms with Gasteiger partial charge in [-0.25, -0.2) is 0 Å². The normalized spacial score (nSPS) is 11.9. The first-order chi connectivity index (χ1) is 12.4. The summed E-state index contributed by atoms with van der Waals surface area (Å²) in [6.45, 7) is 0. The van der Waals surface area contributed by atoms with Gasteiger partial charge in [-0.2, -0.15) is 0 Å². The third kappa shape index (κ3) is 4.51. The Hall–Kier alpha value is -2.18. The van der Waals surface area contributed by atoms with Gasteiger partial charge in [-0.3, -0.25) is 9.59 Å². The van der Waals surface area contributed by atoms with E-state index in [0.717, 1.165) is 25.3 Å². The van der Waals surface area contributed by atoms with Crippen LogP contribution in [-0.2, 0) is 11.2 Å². The Balaban J connectivity index is 1.80. The number of benzene rings is 3. The molecule has 0 fully saturated rings. The molecule has 0 saturated heterocycles. The molecule has 0 radical (unpaired) electrons. The lowest BCUT2D eigenvalue weighted by Gasteiger charge is -2.16. The van der Waals surface area contributed by atoms with Gasteiger partial charge >= 0.3 is 0 Å². The fourth-order valence-electron chi connectivity index (χ4n) is 2.75. The standard InChI is InChI=1S/C20H16Br2N2O2/c21-16-9-15(10-17(22)11-16)20(26)24-18(19(23)25)8-12-5-6-13-3-1-2-4-14(13)7-12/h1-7,9-11,18H,8H2,(H2,23,25)(H,24,26)/t18-/m0/s1. The molecule has 6 heteroatoms. The SMILES string of the molecule is NC(=O)[C@H](Cc1ccc2ccccc2c1)NC(=O)c1cc(Br)cc(Br)c1. The van der Waals surface area contributed by atoms with Gasteiger partial charge in [0.1, 0.15) is 6.04 Å². The van der Waals surface area contributed by atoms with Crippen LogP contribution in [0, 0.1) is 0 Å². The number of primary amides is 1. The van der Waals surface area contributed by atoms with E-state index in [-0.39, 0.29) is 5.91 Å². The summed E-state index contributed by atoms with van der Waals surface area (Å²) in [6, 6.07) is 18.3. The smallest absolute Gasteiger partial charge is 0.252 e. The third-order valence-electron chi connectivity index (χ3n) is 4.03. The summed E-state index contributed by atoms with van der Waals surface area (Å²) in [4.78, 5) is 24.4. The van der Waals surface area contributed by atoms with Crippen LogP contribution in [-0.4, -0.2) is 17.9 Å². The topological polar surface area (TPSA) is 72.2 Å². The maximum Gasteiger partial charge on any atom is 0.252 e. The minimum atomic E-state index is -0.790. The van der Waals surface area contributed by atoms with Gasteiger partial charge in [-0.05, 0) is 34.5 Å². The number of halogens is 2. The molecule has 0 aromatic heterocycles. The van der Waals surface area contributed by atoms with Crippen LogP contribution in [0.5, 0.6) is 0 Å². The summed E-state index contributed by atoms with van der Waals surface area (Å²) >= 11 is 6.70. The molecule has 0 aliphatic rings. The van der Waals surface area contributed by atoms with Crippen molar-refractivity contribution < 1.29 is 9.59 Å². The highest BCUT2D eigenvalue weighted by atomic mass is 79.9.